The molecule has 0 aliphatic heterocycles. The van der Waals surface area contributed by atoms with Crippen molar-refractivity contribution >= 4 is 45.3 Å². The minimum absolute atomic E-state index is 0.0965. The number of hydrogen-bond acceptors (Lipinski definition) is 6. The molecule has 0 aromatic heterocycles. The number of halogens is 2. The second-order valence-electron chi connectivity index (χ2n) is 6.67. The molecule has 8 nitrogen and oxygen atoms in total. The number of nitro benzene ring substituents is 1. The number of amides is 1. The number of carbonyl (C=O) groups is 1. The zero-order valence-corrected chi connectivity index (χ0v) is 19.8. The molecule has 0 saturated carbocycles. The Bertz CT molecular complexity index is 1170. The number of non-ortho nitro benzene ring substituents is 1. The summed E-state index contributed by atoms with van der Waals surface area (Å²) < 4.78 is 12.3. The monoisotopic (exact) mass is 531 g/mol. The summed E-state index contributed by atoms with van der Waals surface area (Å²) in [6.45, 7) is 2.64. The van der Waals surface area contributed by atoms with Gasteiger partial charge in [0, 0.05) is 32.8 Å². The van der Waals surface area contributed by atoms with E-state index in [1.54, 1.807) is 24.3 Å². The highest BCUT2D eigenvalue weighted by atomic mass is 79.9. The highest BCUT2D eigenvalue weighted by Crippen LogP contribution is 2.34. The molecule has 10 heteroatoms. The van der Waals surface area contributed by atoms with Crippen molar-refractivity contribution in [3.8, 4) is 11.5 Å². The Kier molecular flexibility index (Phi) is 8.39. The van der Waals surface area contributed by atoms with Crippen LogP contribution in [0.4, 0.5) is 5.69 Å². The second kappa shape index (κ2) is 11.4. The summed E-state index contributed by atoms with van der Waals surface area (Å²) in [6.07, 6.45) is 1.46. The van der Waals surface area contributed by atoms with E-state index in [9.17, 15) is 14.9 Å². The number of rotatable bonds is 9. The summed E-state index contributed by atoms with van der Waals surface area (Å²) in [5.74, 6) is 0.578. The summed E-state index contributed by atoms with van der Waals surface area (Å²) in [4.78, 5) is 22.4. The van der Waals surface area contributed by atoms with E-state index in [0.717, 1.165) is 5.56 Å². The number of ether oxygens (including phenoxy) is 2. The van der Waals surface area contributed by atoms with E-state index in [4.69, 9.17) is 21.1 Å². The van der Waals surface area contributed by atoms with Gasteiger partial charge in [-0.05, 0) is 64.8 Å². The molecule has 0 aliphatic carbocycles. The van der Waals surface area contributed by atoms with Crippen LogP contribution in [-0.4, -0.2) is 23.7 Å². The summed E-state index contributed by atoms with van der Waals surface area (Å²) in [5, 5.41) is 15.3. The number of carbonyl (C=O) groups excluding carboxylic acids is 1. The van der Waals surface area contributed by atoms with Gasteiger partial charge in [-0.25, -0.2) is 5.43 Å². The smallest absolute Gasteiger partial charge is 0.271 e. The first-order valence-electron chi connectivity index (χ1n) is 9.79. The van der Waals surface area contributed by atoms with E-state index in [1.807, 2.05) is 19.1 Å². The van der Waals surface area contributed by atoms with E-state index in [-0.39, 0.29) is 11.3 Å². The molecule has 0 unspecified atom stereocenters. The highest BCUT2D eigenvalue weighted by molar-refractivity contribution is 9.10. The van der Waals surface area contributed by atoms with Crippen LogP contribution in [0.25, 0.3) is 0 Å². The maximum atomic E-state index is 12.2. The van der Waals surface area contributed by atoms with Crippen LogP contribution in [0.3, 0.4) is 0 Å². The third-order valence-electron chi connectivity index (χ3n) is 4.38. The van der Waals surface area contributed by atoms with E-state index in [2.05, 4.69) is 26.5 Å². The first kappa shape index (κ1) is 24.2. The van der Waals surface area contributed by atoms with Crippen LogP contribution in [0.5, 0.6) is 11.5 Å². The van der Waals surface area contributed by atoms with Crippen molar-refractivity contribution < 1.29 is 19.2 Å². The van der Waals surface area contributed by atoms with Crippen LogP contribution < -0.4 is 14.9 Å². The molecule has 0 radical (unpaired) electrons. The molecule has 3 aromatic carbocycles. The molecule has 0 atom stereocenters. The van der Waals surface area contributed by atoms with Crippen LogP contribution in [0, 0.1) is 10.1 Å². The molecule has 170 valence electrons. The van der Waals surface area contributed by atoms with Crippen LogP contribution >= 0.6 is 27.5 Å². The highest BCUT2D eigenvalue weighted by Gasteiger charge is 2.12. The van der Waals surface area contributed by atoms with Gasteiger partial charge in [0.2, 0.25) is 0 Å². The molecule has 0 fully saturated rings. The SMILES string of the molecule is CCOc1cc(/C=N\NC(=O)c2ccc([N+](=O)[O-])cc2)c(Br)cc1OCc1ccc(Cl)cc1. The fraction of sp³-hybridized carbons (Fsp3) is 0.130. The lowest BCUT2D eigenvalue weighted by molar-refractivity contribution is -0.384. The molecule has 1 N–H and O–H groups in total. The largest absolute Gasteiger partial charge is 0.490 e. The van der Waals surface area contributed by atoms with E-state index in [0.29, 0.717) is 39.8 Å². The number of nitrogens with one attached hydrogen (secondary N) is 1. The summed E-state index contributed by atoms with van der Waals surface area (Å²) >= 11 is 9.40. The standard InChI is InChI=1S/C23H19BrClN3O5/c1-2-32-21-11-17(13-26-27-23(29)16-5-9-19(10-6-16)28(30)31)20(24)12-22(21)33-14-15-3-7-18(25)8-4-15/h3-13H,2,14H2,1H3,(H,27,29)/b26-13-. The van der Waals surface area contributed by atoms with Gasteiger partial charge in [0.05, 0.1) is 17.7 Å². The van der Waals surface area contributed by atoms with Crippen molar-refractivity contribution in [3.63, 3.8) is 0 Å². The fourth-order valence-corrected chi connectivity index (χ4v) is 3.28. The van der Waals surface area contributed by atoms with Gasteiger partial charge in [-0.1, -0.05) is 23.7 Å². The molecule has 3 aromatic rings. The summed E-state index contributed by atoms with van der Waals surface area (Å²) in [7, 11) is 0. The average Bonchev–Trinajstić information content (AvgIpc) is 2.81. The first-order valence-corrected chi connectivity index (χ1v) is 11.0. The second-order valence-corrected chi connectivity index (χ2v) is 7.96. The van der Waals surface area contributed by atoms with Crippen LogP contribution in [0.1, 0.15) is 28.4 Å². The van der Waals surface area contributed by atoms with E-state index < -0.39 is 10.8 Å². The Balaban J connectivity index is 1.69. The Hall–Kier alpha value is -3.43. The average molecular weight is 533 g/mol. The number of nitrogens with zero attached hydrogens (tertiary/aromatic N) is 2. The number of nitro groups is 1. The van der Waals surface area contributed by atoms with E-state index >= 15 is 0 Å². The van der Waals surface area contributed by atoms with Crippen molar-refractivity contribution in [3.05, 3.63) is 97.0 Å². The van der Waals surface area contributed by atoms with Gasteiger partial charge >= 0.3 is 0 Å². The molecule has 1 amide bonds. The zero-order chi connectivity index (χ0) is 23.8. The van der Waals surface area contributed by atoms with Gasteiger partial charge in [0.1, 0.15) is 6.61 Å². The molecular weight excluding hydrogens is 514 g/mol. The van der Waals surface area contributed by atoms with Crippen molar-refractivity contribution in [1.29, 1.82) is 0 Å². The Labute approximate surface area is 203 Å². The summed E-state index contributed by atoms with van der Waals surface area (Å²) in [5.41, 5.74) is 4.16. The van der Waals surface area contributed by atoms with Crippen LogP contribution in [-0.2, 0) is 6.61 Å². The fourth-order valence-electron chi connectivity index (χ4n) is 2.73. The molecule has 0 aliphatic rings. The maximum Gasteiger partial charge on any atom is 0.271 e. The van der Waals surface area contributed by atoms with Gasteiger partial charge in [-0.2, -0.15) is 5.10 Å². The lowest BCUT2D eigenvalue weighted by Gasteiger charge is -2.14. The number of hydrazone groups is 1. The summed E-state index contributed by atoms with van der Waals surface area (Å²) in [6, 6.07) is 16.1. The maximum absolute atomic E-state index is 12.2. The van der Waals surface area contributed by atoms with Crippen molar-refractivity contribution in [2.24, 2.45) is 5.10 Å². The Morgan fingerprint density at radius 3 is 2.42 bits per heavy atom. The molecular formula is C23H19BrClN3O5. The molecule has 33 heavy (non-hydrogen) atoms. The van der Waals surface area contributed by atoms with Gasteiger partial charge in [0.15, 0.2) is 11.5 Å². The van der Waals surface area contributed by atoms with Crippen molar-refractivity contribution in [2.75, 3.05) is 6.61 Å². The molecule has 0 heterocycles. The van der Waals surface area contributed by atoms with Gasteiger partial charge in [-0.15, -0.1) is 0 Å². The van der Waals surface area contributed by atoms with Crippen LogP contribution in [0.2, 0.25) is 5.02 Å². The number of hydrogen-bond donors (Lipinski definition) is 1. The predicted molar refractivity (Wildman–Crippen MR) is 129 cm³/mol. The van der Waals surface area contributed by atoms with Crippen molar-refractivity contribution in [1.82, 2.24) is 5.43 Å². The Morgan fingerprint density at radius 2 is 1.79 bits per heavy atom. The molecule has 0 saturated heterocycles. The minimum Gasteiger partial charge on any atom is -0.490 e. The predicted octanol–water partition coefficient (Wildman–Crippen LogP) is 5.75. The Morgan fingerprint density at radius 1 is 1.12 bits per heavy atom. The normalized spacial score (nSPS) is 10.8. The zero-order valence-electron chi connectivity index (χ0n) is 17.5. The third-order valence-corrected chi connectivity index (χ3v) is 5.32. The number of benzene rings is 3. The molecule has 3 rings (SSSR count). The van der Waals surface area contributed by atoms with Gasteiger partial charge < -0.3 is 9.47 Å². The third kappa shape index (κ3) is 6.77. The van der Waals surface area contributed by atoms with Gasteiger partial charge in [-0.3, -0.25) is 14.9 Å². The minimum atomic E-state index is -0.532. The van der Waals surface area contributed by atoms with E-state index in [1.165, 1.54) is 30.5 Å². The van der Waals surface area contributed by atoms with Crippen molar-refractivity contribution in [2.45, 2.75) is 13.5 Å². The molecule has 0 bridgehead atoms. The van der Waals surface area contributed by atoms with Crippen LogP contribution in [0.15, 0.2) is 70.2 Å². The van der Waals surface area contributed by atoms with Gasteiger partial charge in [0.25, 0.3) is 11.6 Å². The quantitative estimate of drug-likeness (QED) is 0.215. The first-order chi connectivity index (χ1) is 15.9. The lowest BCUT2D eigenvalue weighted by atomic mass is 10.2. The lowest BCUT2D eigenvalue weighted by Crippen LogP contribution is -2.17. The molecule has 0 spiro atoms. The topological polar surface area (TPSA) is 103 Å².